The van der Waals surface area contributed by atoms with Crippen molar-refractivity contribution in [3.8, 4) is 45.8 Å². The van der Waals surface area contributed by atoms with Crippen LogP contribution in [0.2, 0.25) is 0 Å². The summed E-state index contributed by atoms with van der Waals surface area (Å²) in [4.78, 5) is 25.8. The fourth-order valence-electron chi connectivity index (χ4n) is 4.46. The number of aromatic hydroxyl groups is 5. The Labute approximate surface area is 247 Å². The molecule has 14 nitrogen and oxygen atoms in total. The van der Waals surface area contributed by atoms with Crippen LogP contribution in [0.1, 0.15) is 5.56 Å². The smallest absolute Gasteiger partial charge is 0.330 e. The number of aliphatic hydroxyl groups excluding tert-OH is 3. The summed E-state index contributed by atoms with van der Waals surface area (Å²) in [7, 11) is 0. The van der Waals surface area contributed by atoms with Crippen molar-refractivity contribution in [2.45, 2.75) is 30.7 Å². The number of rotatable bonds is 7. The Balaban J connectivity index is 1.43. The van der Waals surface area contributed by atoms with Crippen molar-refractivity contribution < 1.29 is 64.3 Å². The van der Waals surface area contributed by atoms with E-state index in [0.717, 1.165) is 30.3 Å². The maximum absolute atomic E-state index is 13.6. The lowest BCUT2D eigenvalue weighted by atomic mass is 9.99. The van der Waals surface area contributed by atoms with Crippen LogP contribution >= 0.6 is 0 Å². The molecule has 0 radical (unpaired) electrons. The lowest BCUT2D eigenvalue weighted by Crippen LogP contribution is -2.60. The highest BCUT2D eigenvalue weighted by molar-refractivity contribution is 5.88. The largest absolute Gasteiger partial charge is 0.508 e. The van der Waals surface area contributed by atoms with Crippen LogP contribution in [-0.2, 0) is 14.3 Å². The van der Waals surface area contributed by atoms with E-state index in [-0.39, 0.29) is 22.7 Å². The molecular weight excluding hydrogens is 584 g/mol. The van der Waals surface area contributed by atoms with Gasteiger partial charge >= 0.3 is 5.97 Å². The Hall–Kier alpha value is -5.28. The fourth-order valence-corrected chi connectivity index (χ4v) is 4.46. The van der Waals surface area contributed by atoms with Crippen molar-refractivity contribution in [3.63, 3.8) is 0 Å². The molecule has 0 amide bonds. The average Bonchev–Trinajstić information content (AvgIpc) is 2.98. The van der Waals surface area contributed by atoms with E-state index in [1.54, 1.807) is 12.1 Å². The van der Waals surface area contributed by atoms with Gasteiger partial charge in [-0.1, -0.05) is 12.1 Å². The van der Waals surface area contributed by atoms with E-state index < -0.39 is 82.8 Å². The molecule has 0 aliphatic carbocycles. The Kier molecular flexibility index (Phi) is 8.33. The maximum Gasteiger partial charge on any atom is 0.330 e. The summed E-state index contributed by atoms with van der Waals surface area (Å²) < 4.78 is 22.1. The molecular formula is C30H26O14. The molecule has 0 spiro atoms. The second kappa shape index (κ2) is 12.1. The number of esters is 1. The first-order valence-electron chi connectivity index (χ1n) is 13.0. The minimum absolute atomic E-state index is 0.0195. The number of phenolic OH excluding ortho intramolecular Hbond substituents is 5. The molecule has 5 rings (SSSR count). The van der Waals surface area contributed by atoms with Gasteiger partial charge in [0.1, 0.15) is 59.2 Å². The summed E-state index contributed by atoms with van der Waals surface area (Å²) in [5.74, 6) is -4.08. The van der Waals surface area contributed by atoms with Crippen LogP contribution in [0.15, 0.2) is 69.9 Å². The van der Waals surface area contributed by atoms with Crippen LogP contribution in [0.3, 0.4) is 0 Å². The van der Waals surface area contributed by atoms with Crippen molar-refractivity contribution >= 4 is 23.0 Å². The number of fused-ring (bicyclic) bond motifs is 1. The number of hydrogen-bond donors (Lipinski definition) is 8. The quantitative estimate of drug-likeness (QED) is 0.0840. The standard InChI is InChI=1S/C30H26O14/c31-15-5-1-13(2-6-15)3-8-22(36)41-12-21-24(37)26(39)27(40)30(43-21)44-29-25(38)23-19(35)10-16(32)11-20(23)42-28(29)14-4-7-17(33)18(34)9-14/h1-11,21,24,26-27,30-35,37,39-40H,12H2/b8-3+/t21-,24-,26+,27-,30?/m1/s1. The van der Waals surface area contributed by atoms with E-state index >= 15 is 0 Å². The monoisotopic (exact) mass is 610 g/mol. The Bertz CT molecular complexity index is 1780. The third kappa shape index (κ3) is 6.09. The van der Waals surface area contributed by atoms with E-state index in [9.17, 15) is 50.4 Å². The van der Waals surface area contributed by atoms with Crippen molar-refractivity contribution in [1.29, 1.82) is 0 Å². The number of hydrogen-bond acceptors (Lipinski definition) is 14. The van der Waals surface area contributed by atoms with Crippen molar-refractivity contribution in [2.24, 2.45) is 0 Å². The number of benzene rings is 3. The maximum atomic E-state index is 13.6. The highest BCUT2D eigenvalue weighted by Gasteiger charge is 2.46. The van der Waals surface area contributed by atoms with Crippen LogP contribution < -0.4 is 10.2 Å². The molecule has 1 aliphatic rings. The van der Waals surface area contributed by atoms with Gasteiger partial charge in [0.05, 0.1) is 0 Å². The predicted molar refractivity (Wildman–Crippen MR) is 150 cm³/mol. The average molecular weight is 611 g/mol. The molecule has 0 bridgehead atoms. The lowest BCUT2D eigenvalue weighted by molar-refractivity contribution is -0.278. The number of carbonyl (C=O) groups is 1. The highest BCUT2D eigenvalue weighted by Crippen LogP contribution is 2.39. The molecule has 230 valence electrons. The molecule has 1 aliphatic heterocycles. The summed E-state index contributed by atoms with van der Waals surface area (Å²) in [5.41, 5.74) is -0.735. The van der Waals surface area contributed by atoms with E-state index in [1.165, 1.54) is 24.3 Å². The molecule has 8 N–H and O–H groups in total. The second-order valence-corrected chi connectivity index (χ2v) is 9.82. The van der Waals surface area contributed by atoms with Gasteiger partial charge in [0.25, 0.3) is 0 Å². The van der Waals surface area contributed by atoms with Gasteiger partial charge in [-0.3, -0.25) is 4.79 Å². The Morgan fingerprint density at radius 3 is 2.25 bits per heavy atom. The molecule has 1 fully saturated rings. The normalized spacial score (nSPS) is 21.8. The summed E-state index contributed by atoms with van der Waals surface area (Å²) in [6.45, 7) is -0.616. The topological polar surface area (TPSA) is 237 Å². The van der Waals surface area contributed by atoms with E-state index in [2.05, 4.69) is 0 Å². The Morgan fingerprint density at radius 1 is 0.818 bits per heavy atom. The minimum Gasteiger partial charge on any atom is -0.508 e. The molecule has 4 aromatic rings. The number of aliphatic hydroxyl groups is 3. The van der Waals surface area contributed by atoms with Gasteiger partial charge in [0.15, 0.2) is 17.3 Å². The summed E-state index contributed by atoms with van der Waals surface area (Å²) in [6, 6.07) is 11.2. The number of ether oxygens (including phenoxy) is 3. The van der Waals surface area contributed by atoms with Gasteiger partial charge in [0.2, 0.25) is 17.5 Å². The lowest BCUT2D eigenvalue weighted by Gasteiger charge is -2.39. The number of phenols is 5. The van der Waals surface area contributed by atoms with Crippen LogP contribution in [0, 0.1) is 0 Å². The van der Waals surface area contributed by atoms with Gasteiger partial charge in [-0.05, 0) is 42.0 Å². The van der Waals surface area contributed by atoms with E-state index in [0.29, 0.717) is 5.56 Å². The Morgan fingerprint density at radius 2 is 1.55 bits per heavy atom. The van der Waals surface area contributed by atoms with Gasteiger partial charge in [-0.15, -0.1) is 0 Å². The fraction of sp³-hybridized carbons (Fsp3) is 0.200. The first-order valence-corrected chi connectivity index (χ1v) is 13.0. The van der Waals surface area contributed by atoms with Gasteiger partial charge in [-0.25, -0.2) is 4.79 Å². The molecule has 3 aromatic carbocycles. The highest BCUT2D eigenvalue weighted by atomic mass is 16.7. The number of carbonyl (C=O) groups excluding carboxylic acids is 1. The van der Waals surface area contributed by atoms with Gasteiger partial charge < -0.3 is 59.5 Å². The van der Waals surface area contributed by atoms with Crippen molar-refractivity contribution in [3.05, 3.63) is 76.5 Å². The van der Waals surface area contributed by atoms with Crippen molar-refractivity contribution in [2.75, 3.05) is 6.61 Å². The molecule has 1 aromatic heterocycles. The van der Waals surface area contributed by atoms with Gasteiger partial charge in [-0.2, -0.15) is 0 Å². The van der Waals surface area contributed by atoms with Crippen LogP contribution in [0.25, 0.3) is 28.4 Å². The zero-order valence-corrected chi connectivity index (χ0v) is 22.5. The summed E-state index contributed by atoms with van der Waals surface area (Å²) >= 11 is 0. The third-order valence-corrected chi connectivity index (χ3v) is 6.75. The molecule has 1 saturated heterocycles. The second-order valence-electron chi connectivity index (χ2n) is 9.82. The predicted octanol–water partition coefficient (Wildman–Crippen LogP) is 1.43. The SMILES string of the molecule is O=C(/C=C/c1ccc(O)cc1)OC[C@H]1OC(Oc2c(-c3ccc(O)c(O)c3)oc3cc(O)cc(O)c3c2=O)[C@H](O)[C@@H](O)[C@@H]1O. The zero-order valence-electron chi connectivity index (χ0n) is 22.5. The first-order chi connectivity index (χ1) is 20.9. The van der Waals surface area contributed by atoms with E-state index in [1.807, 2.05) is 0 Å². The molecule has 44 heavy (non-hydrogen) atoms. The zero-order chi connectivity index (χ0) is 31.7. The first kappa shape index (κ1) is 30.2. The van der Waals surface area contributed by atoms with E-state index in [4.69, 9.17) is 18.6 Å². The molecule has 0 saturated carbocycles. The summed E-state index contributed by atoms with van der Waals surface area (Å²) in [5, 5.41) is 80.6. The van der Waals surface area contributed by atoms with Crippen LogP contribution in [-0.4, -0.2) is 84.1 Å². The minimum atomic E-state index is -1.95. The van der Waals surface area contributed by atoms with Crippen molar-refractivity contribution in [1.82, 2.24) is 0 Å². The molecule has 14 heteroatoms. The third-order valence-electron chi connectivity index (χ3n) is 6.75. The van der Waals surface area contributed by atoms with Crippen LogP contribution in [0.5, 0.6) is 34.5 Å². The van der Waals surface area contributed by atoms with Gasteiger partial charge in [0, 0.05) is 23.8 Å². The van der Waals surface area contributed by atoms with Crippen LogP contribution in [0.4, 0.5) is 0 Å². The summed E-state index contributed by atoms with van der Waals surface area (Å²) in [6.07, 6.45) is -6.45. The molecule has 5 atom stereocenters. The molecule has 2 heterocycles. The molecule has 1 unspecified atom stereocenters.